The summed E-state index contributed by atoms with van der Waals surface area (Å²) in [5.41, 5.74) is 4.08. The Kier molecular flexibility index (Phi) is 3.54. The van der Waals surface area contributed by atoms with Gasteiger partial charge in [-0.3, -0.25) is 9.59 Å². The van der Waals surface area contributed by atoms with Gasteiger partial charge in [0.1, 0.15) is 25.0 Å². The number of aromatic amines is 1. The normalized spacial score (nSPS) is 31.0. The van der Waals surface area contributed by atoms with E-state index in [1.807, 2.05) is 36.4 Å². The fourth-order valence-corrected chi connectivity index (χ4v) is 5.08. The molecule has 1 aromatic carbocycles. The third-order valence-electron chi connectivity index (χ3n) is 6.45. The number of aromatic nitrogens is 1. The zero-order chi connectivity index (χ0) is 19.7. The summed E-state index contributed by atoms with van der Waals surface area (Å²) in [4.78, 5) is 33.0. The molecule has 148 valence electrons. The number of rotatable bonds is 1. The lowest BCUT2D eigenvalue weighted by atomic mass is 9.84. The SMILES string of the molecule is CN1CC(=O)N2[C@H](Cc3c([nH]c4ccccc34)[C@H]2C2=CC3OCOC3C=C2)C1=O. The molecule has 2 saturated heterocycles. The van der Waals surface area contributed by atoms with E-state index < -0.39 is 6.04 Å². The molecule has 4 atom stereocenters. The smallest absolute Gasteiger partial charge is 0.245 e. The first-order valence-corrected chi connectivity index (χ1v) is 9.90. The van der Waals surface area contributed by atoms with Crippen molar-refractivity contribution in [2.45, 2.75) is 30.7 Å². The summed E-state index contributed by atoms with van der Waals surface area (Å²) in [6.07, 6.45) is 6.30. The lowest BCUT2D eigenvalue weighted by molar-refractivity contribution is -0.157. The molecule has 1 N–H and O–H groups in total. The average Bonchev–Trinajstić information content (AvgIpc) is 3.34. The molecule has 6 rings (SSSR count). The molecule has 2 unspecified atom stereocenters. The molecule has 0 saturated carbocycles. The molecule has 4 heterocycles. The Bertz CT molecular complexity index is 1100. The van der Waals surface area contributed by atoms with Crippen molar-refractivity contribution in [3.63, 3.8) is 0 Å². The standard InChI is InChI=1S/C22H21N3O4/c1-24-10-19(26)25-16(22(24)27)9-14-13-4-2-3-5-15(13)23-20(14)21(25)12-6-7-17-18(8-12)29-11-28-17/h2-8,16-18,21,23H,9-11H2,1H3/t16-,17?,18?,21-/m1/s1. The first-order chi connectivity index (χ1) is 14.1. The van der Waals surface area contributed by atoms with Crippen LogP contribution in [0.5, 0.6) is 0 Å². The molecule has 2 amide bonds. The van der Waals surface area contributed by atoms with Crippen LogP contribution in [0.3, 0.4) is 0 Å². The molecule has 3 aliphatic heterocycles. The Balaban J connectivity index is 1.55. The van der Waals surface area contributed by atoms with Gasteiger partial charge < -0.3 is 24.3 Å². The topological polar surface area (TPSA) is 74.9 Å². The van der Waals surface area contributed by atoms with Gasteiger partial charge in [0.05, 0.1) is 12.6 Å². The van der Waals surface area contributed by atoms with Crippen LogP contribution in [0.1, 0.15) is 17.3 Å². The van der Waals surface area contributed by atoms with Gasteiger partial charge in [-0.05, 0) is 23.3 Å². The van der Waals surface area contributed by atoms with Crippen LogP contribution in [0.2, 0.25) is 0 Å². The quantitative estimate of drug-likeness (QED) is 0.803. The van der Waals surface area contributed by atoms with Crippen molar-refractivity contribution >= 4 is 22.7 Å². The van der Waals surface area contributed by atoms with Crippen LogP contribution in [-0.2, 0) is 25.5 Å². The van der Waals surface area contributed by atoms with Gasteiger partial charge >= 0.3 is 0 Å². The number of H-pyrrole nitrogens is 1. The van der Waals surface area contributed by atoms with Gasteiger partial charge in [0.2, 0.25) is 11.8 Å². The van der Waals surface area contributed by atoms with Gasteiger partial charge in [0, 0.05) is 30.1 Å². The van der Waals surface area contributed by atoms with E-state index >= 15 is 0 Å². The highest BCUT2D eigenvalue weighted by Crippen LogP contribution is 2.44. The maximum absolute atomic E-state index is 13.1. The van der Waals surface area contributed by atoms with Crippen LogP contribution < -0.4 is 0 Å². The van der Waals surface area contributed by atoms with Gasteiger partial charge in [-0.2, -0.15) is 0 Å². The number of amides is 2. The van der Waals surface area contributed by atoms with Crippen LogP contribution in [0.15, 0.2) is 48.1 Å². The van der Waals surface area contributed by atoms with Gasteiger partial charge in [0.15, 0.2) is 0 Å². The maximum Gasteiger partial charge on any atom is 0.245 e. The molecule has 7 heteroatoms. The van der Waals surface area contributed by atoms with Crippen LogP contribution in [-0.4, -0.2) is 65.2 Å². The number of para-hydroxylation sites is 1. The van der Waals surface area contributed by atoms with E-state index in [9.17, 15) is 9.59 Å². The summed E-state index contributed by atoms with van der Waals surface area (Å²) < 4.78 is 11.3. The number of ether oxygens (including phenoxy) is 2. The summed E-state index contributed by atoms with van der Waals surface area (Å²) in [6.45, 7) is 0.365. The minimum Gasteiger partial charge on any atom is -0.356 e. The Hall–Kier alpha value is -2.90. The van der Waals surface area contributed by atoms with Crippen molar-refractivity contribution in [1.29, 1.82) is 0 Å². The fraction of sp³-hybridized carbons (Fsp3) is 0.364. The van der Waals surface area contributed by atoms with Gasteiger partial charge in [-0.15, -0.1) is 0 Å². The van der Waals surface area contributed by atoms with Crippen molar-refractivity contribution in [2.24, 2.45) is 0 Å². The van der Waals surface area contributed by atoms with Crippen LogP contribution in [0.25, 0.3) is 10.9 Å². The van der Waals surface area contributed by atoms with E-state index in [1.54, 1.807) is 11.9 Å². The Morgan fingerprint density at radius 2 is 1.97 bits per heavy atom. The molecule has 1 aromatic heterocycles. The third-order valence-corrected chi connectivity index (χ3v) is 6.45. The number of carbonyl (C=O) groups excluding carboxylic acids is 2. The lowest BCUT2D eigenvalue weighted by Crippen LogP contribution is -2.62. The highest BCUT2D eigenvalue weighted by Gasteiger charge is 2.48. The van der Waals surface area contributed by atoms with Gasteiger partial charge in [0.25, 0.3) is 0 Å². The largest absolute Gasteiger partial charge is 0.356 e. The Labute approximate surface area is 167 Å². The van der Waals surface area contributed by atoms with E-state index in [1.165, 1.54) is 4.90 Å². The first-order valence-electron chi connectivity index (χ1n) is 9.90. The van der Waals surface area contributed by atoms with Crippen molar-refractivity contribution in [2.75, 3.05) is 20.4 Å². The summed E-state index contributed by atoms with van der Waals surface area (Å²) >= 11 is 0. The second kappa shape index (κ2) is 6.05. The predicted octanol–water partition coefficient (Wildman–Crippen LogP) is 1.67. The maximum atomic E-state index is 13.1. The molecule has 2 fully saturated rings. The minimum absolute atomic E-state index is 0.00996. The first kappa shape index (κ1) is 17.0. The third kappa shape index (κ3) is 2.37. The number of hydrogen-bond donors (Lipinski definition) is 1. The minimum atomic E-state index is -0.495. The molecule has 4 aliphatic rings. The zero-order valence-corrected chi connectivity index (χ0v) is 16.0. The van der Waals surface area contributed by atoms with Crippen molar-refractivity contribution in [3.05, 3.63) is 59.3 Å². The number of carbonyl (C=O) groups is 2. The molecular formula is C22H21N3O4. The van der Waals surface area contributed by atoms with Crippen LogP contribution in [0, 0.1) is 0 Å². The molecule has 29 heavy (non-hydrogen) atoms. The zero-order valence-electron chi connectivity index (χ0n) is 16.0. The van der Waals surface area contributed by atoms with Gasteiger partial charge in [-0.25, -0.2) is 0 Å². The highest BCUT2D eigenvalue weighted by atomic mass is 16.7. The number of benzene rings is 1. The monoisotopic (exact) mass is 391 g/mol. The highest BCUT2D eigenvalue weighted by molar-refractivity contribution is 5.97. The molecule has 0 spiro atoms. The van der Waals surface area contributed by atoms with Crippen LogP contribution in [0.4, 0.5) is 0 Å². The predicted molar refractivity (Wildman–Crippen MR) is 105 cm³/mol. The van der Waals surface area contributed by atoms with Crippen molar-refractivity contribution in [1.82, 2.24) is 14.8 Å². The molecule has 0 radical (unpaired) electrons. The van der Waals surface area contributed by atoms with Crippen molar-refractivity contribution in [3.8, 4) is 0 Å². The summed E-state index contributed by atoms with van der Waals surface area (Å²) in [5, 5.41) is 1.11. The Morgan fingerprint density at radius 1 is 1.14 bits per heavy atom. The van der Waals surface area contributed by atoms with E-state index in [2.05, 4.69) is 11.1 Å². The fourth-order valence-electron chi connectivity index (χ4n) is 5.08. The molecule has 7 nitrogen and oxygen atoms in total. The summed E-state index contributed by atoms with van der Waals surface area (Å²) in [7, 11) is 1.70. The number of hydrogen-bond acceptors (Lipinski definition) is 4. The number of likely N-dealkylation sites (N-methyl/N-ethyl adjacent to an activating group) is 1. The summed E-state index contributed by atoms with van der Waals surface area (Å²) in [6, 6.07) is 7.27. The van der Waals surface area contributed by atoms with E-state index in [-0.39, 0.29) is 43.4 Å². The second-order valence-electron chi connectivity index (χ2n) is 8.09. The number of fused-ring (bicyclic) bond motifs is 5. The van der Waals surface area contributed by atoms with Gasteiger partial charge in [-0.1, -0.05) is 30.4 Å². The summed E-state index contributed by atoms with van der Waals surface area (Å²) in [5.74, 6) is -0.0457. The number of nitrogens with one attached hydrogen (secondary N) is 1. The molecule has 2 aromatic rings. The molecule has 1 aliphatic carbocycles. The Morgan fingerprint density at radius 3 is 2.86 bits per heavy atom. The second-order valence-corrected chi connectivity index (χ2v) is 8.09. The van der Waals surface area contributed by atoms with E-state index in [0.717, 1.165) is 27.7 Å². The van der Waals surface area contributed by atoms with E-state index in [0.29, 0.717) is 6.42 Å². The molecule has 0 bridgehead atoms. The molecular weight excluding hydrogens is 370 g/mol. The lowest BCUT2D eigenvalue weighted by Gasteiger charge is -2.47. The van der Waals surface area contributed by atoms with Crippen LogP contribution >= 0.6 is 0 Å². The van der Waals surface area contributed by atoms with Crippen molar-refractivity contribution < 1.29 is 19.1 Å². The number of piperazine rings is 1. The number of nitrogens with zero attached hydrogens (tertiary/aromatic N) is 2. The average molecular weight is 391 g/mol. The van der Waals surface area contributed by atoms with E-state index in [4.69, 9.17) is 9.47 Å².